The lowest BCUT2D eigenvalue weighted by Crippen LogP contribution is -2.24. The van der Waals surface area contributed by atoms with Crippen LogP contribution in [0.5, 0.6) is 0 Å². The molecule has 0 radical (unpaired) electrons. The Hall–Kier alpha value is -1.51. The molecule has 4 N–H and O–H groups in total. The predicted molar refractivity (Wildman–Crippen MR) is 65.9 cm³/mol. The van der Waals surface area contributed by atoms with E-state index in [1.54, 1.807) is 4.90 Å². The molecule has 2 heterocycles. The fraction of sp³-hybridized carbons (Fsp3) is 0.700. The molecule has 1 aromatic heterocycles. The predicted octanol–water partition coefficient (Wildman–Crippen LogP) is -1.94. The zero-order valence-electron chi connectivity index (χ0n) is 10.5. The first kappa shape index (κ1) is 12.9. The Morgan fingerprint density at radius 3 is 2.39 bits per heavy atom. The minimum atomic E-state index is -0.711. The van der Waals surface area contributed by atoms with Crippen LogP contribution in [0, 0.1) is 0 Å². The van der Waals surface area contributed by atoms with Gasteiger partial charge >= 0.3 is 0 Å². The van der Waals surface area contributed by atoms with E-state index in [9.17, 15) is 10.2 Å². The number of aliphatic hydroxyl groups is 2. The molecular weight excluding hydrogens is 236 g/mol. The Balaban J connectivity index is 2.10. The molecule has 0 unspecified atom stereocenters. The van der Waals surface area contributed by atoms with Gasteiger partial charge in [0.05, 0.1) is 18.8 Å². The number of anilines is 2. The molecule has 0 amide bonds. The van der Waals surface area contributed by atoms with Crippen LogP contribution in [-0.4, -0.2) is 69.5 Å². The zero-order valence-corrected chi connectivity index (χ0v) is 10.5. The normalized spacial score (nSPS) is 24.4. The van der Waals surface area contributed by atoms with E-state index in [1.165, 1.54) is 0 Å². The van der Waals surface area contributed by atoms with Gasteiger partial charge in [-0.25, -0.2) is 0 Å². The number of nitrogens with two attached hydrogens (primary N) is 1. The van der Waals surface area contributed by atoms with E-state index >= 15 is 0 Å². The van der Waals surface area contributed by atoms with Crippen molar-refractivity contribution in [3.05, 3.63) is 5.82 Å². The zero-order chi connectivity index (χ0) is 13.3. The molecule has 1 aliphatic heterocycles. The third kappa shape index (κ3) is 2.84. The molecule has 0 bridgehead atoms. The third-order valence-corrected chi connectivity index (χ3v) is 2.79. The molecule has 1 aliphatic rings. The van der Waals surface area contributed by atoms with Gasteiger partial charge in [0.25, 0.3) is 0 Å². The highest BCUT2D eigenvalue weighted by molar-refractivity contribution is 5.32. The SMILES string of the molecule is CN(C)c1nc(N)nc(CN2C[C@@H](O)[C@@H](O)C2)n1. The largest absolute Gasteiger partial charge is 0.389 e. The number of β-amino-alcohol motifs (C(OH)–C–C–N with tert-alkyl or cyclic N) is 2. The molecule has 8 heteroatoms. The maximum atomic E-state index is 9.47. The molecule has 1 aromatic rings. The minimum Gasteiger partial charge on any atom is -0.389 e. The highest BCUT2D eigenvalue weighted by atomic mass is 16.3. The molecule has 2 rings (SSSR count). The van der Waals surface area contributed by atoms with Crippen LogP contribution in [0.3, 0.4) is 0 Å². The van der Waals surface area contributed by atoms with Crippen molar-refractivity contribution in [3.63, 3.8) is 0 Å². The van der Waals surface area contributed by atoms with E-state index < -0.39 is 12.2 Å². The lowest BCUT2D eigenvalue weighted by molar-refractivity contribution is 0.0572. The standard InChI is InChI=1S/C10H18N6O2/c1-15(2)10-13-8(12-9(11)14-10)5-16-3-6(17)7(18)4-16/h6-7,17-18H,3-5H2,1-2H3,(H2,11,12,13,14)/t6-,7+. The number of aliphatic hydroxyl groups excluding tert-OH is 2. The van der Waals surface area contributed by atoms with Gasteiger partial charge < -0.3 is 20.8 Å². The summed E-state index contributed by atoms with van der Waals surface area (Å²) in [6, 6.07) is 0. The van der Waals surface area contributed by atoms with E-state index in [4.69, 9.17) is 5.73 Å². The molecule has 1 fully saturated rings. The molecule has 1 saturated heterocycles. The molecule has 18 heavy (non-hydrogen) atoms. The van der Waals surface area contributed by atoms with Crippen LogP contribution in [0.25, 0.3) is 0 Å². The Morgan fingerprint density at radius 1 is 1.22 bits per heavy atom. The summed E-state index contributed by atoms with van der Waals surface area (Å²) in [6.07, 6.45) is -1.42. The highest BCUT2D eigenvalue weighted by Gasteiger charge is 2.29. The fourth-order valence-electron chi connectivity index (χ4n) is 1.87. The van der Waals surface area contributed by atoms with Crippen molar-refractivity contribution >= 4 is 11.9 Å². The van der Waals surface area contributed by atoms with Gasteiger partial charge in [-0.05, 0) is 0 Å². The molecule has 100 valence electrons. The van der Waals surface area contributed by atoms with Crippen LogP contribution < -0.4 is 10.6 Å². The number of nitrogen functional groups attached to an aromatic ring is 1. The molecule has 0 spiro atoms. The van der Waals surface area contributed by atoms with Crippen LogP contribution in [0.2, 0.25) is 0 Å². The Morgan fingerprint density at radius 2 is 1.83 bits per heavy atom. The molecule has 0 saturated carbocycles. The summed E-state index contributed by atoms with van der Waals surface area (Å²) >= 11 is 0. The van der Waals surface area contributed by atoms with Crippen molar-refractivity contribution in [3.8, 4) is 0 Å². The van der Waals surface area contributed by atoms with Crippen molar-refractivity contribution in [2.45, 2.75) is 18.8 Å². The van der Waals surface area contributed by atoms with E-state index in [1.807, 2.05) is 19.0 Å². The number of nitrogens with zero attached hydrogens (tertiary/aromatic N) is 5. The summed E-state index contributed by atoms with van der Waals surface area (Å²) in [7, 11) is 3.64. The monoisotopic (exact) mass is 254 g/mol. The number of hydrogen-bond donors (Lipinski definition) is 3. The first-order valence-electron chi connectivity index (χ1n) is 5.72. The van der Waals surface area contributed by atoms with Gasteiger partial charge in [0.2, 0.25) is 11.9 Å². The van der Waals surface area contributed by atoms with E-state index in [2.05, 4.69) is 15.0 Å². The maximum absolute atomic E-state index is 9.47. The number of hydrogen-bond acceptors (Lipinski definition) is 8. The van der Waals surface area contributed by atoms with Crippen LogP contribution in [0.1, 0.15) is 5.82 Å². The minimum absolute atomic E-state index is 0.170. The average molecular weight is 254 g/mol. The lowest BCUT2D eigenvalue weighted by atomic mass is 10.3. The van der Waals surface area contributed by atoms with Gasteiger partial charge in [-0.3, -0.25) is 4.90 Å². The van der Waals surface area contributed by atoms with Gasteiger partial charge in [0.15, 0.2) is 0 Å². The van der Waals surface area contributed by atoms with E-state index in [-0.39, 0.29) is 5.95 Å². The number of aromatic nitrogens is 3. The van der Waals surface area contributed by atoms with Gasteiger partial charge in [0, 0.05) is 27.2 Å². The molecule has 2 atom stereocenters. The Kier molecular flexibility index (Phi) is 3.60. The van der Waals surface area contributed by atoms with Crippen LogP contribution in [0.4, 0.5) is 11.9 Å². The van der Waals surface area contributed by atoms with E-state index in [0.717, 1.165) is 0 Å². The lowest BCUT2D eigenvalue weighted by Gasteiger charge is -2.15. The molecular formula is C10H18N6O2. The van der Waals surface area contributed by atoms with Crippen molar-refractivity contribution in [1.82, 2.24) is 19.9 Å². The number of likely N-dealkylation sites (tertiary alicyclic amines) is 1. The first-order valence-corrected chi connectivity index (χ1v) is 5.72. The second-order valence-electron chi connectivity index (χ2n) is 4.63. The van der Waals surface area contributed by atoms with Crippen molar-refractivity contribution in [2.75, 3.05) is 37.8 Å². The summed E-state index contributed by atoms with van der Waals surface area (Å²) in [5, 5.41) is 18.9. The Labute approximate surface area is 105 Å². The maximum Gasteiger partial charge on any atom is 0.229 e. The molecule has 8 nitrogen and oxygen atoms in total. The smallest absolute Gasteiger partial charge is 0.229 e. The first-order chi connectivity index (χ1) is 8.45. The van der Waals surface area contributed by atoms with Gasteiger partial charge in [0.1, 0.15) is 5.82 Å². The van der Waals surface area contributed by atoms with Crippen LogP contribution in [-0.2, 0) is 6.54 Å². The quantitative estimate of drug-likeness (QED) is 0.571. The van der Waals surface area contributed by atoms with Crippen molar-refractivity contribution < 1.29 is 10.2 Å². The average Bonchev–Trinajstić information content (AvgIpc) is 2.56. The third-order valence-electron chi connectivity index (χ3n) is 2.79. The van der Waals surface area contributed by atoms with Crippen molar-refractivity contribution in [1.29, 1.82) is 0 Å². The Bertz CT molecular complexity index is 417. The van der Waals surface area contributed by atoms with Gasteiger partial charge in [-0.2, -0.15) is 15.0 Å². The summed E-state index contributed by atoms with van der Waals surface area (Å²) in [6.45, 7) is 1.25. The highest BCUT2D eigenvalue weighted by Crippen LogP contribution is 2.13. The summed E-state index contributed by atoms with van der Waals surface area (Å²) < 4.78 is 0. The molecule has 0 aromatic carbocycles. The number of rotatable bonds is 3. The van der Waals surface area contributed by atoms with Crippen molar-refractivity contribution in [2.24, 2.45) is 0 Å². The summed E-state index contributed by atoms with van der Waals surface area (Å²) in [5.41, 5.74) is 5.62. The van der Waals surface area contributed by atoms with Gasteiger partial charge in [-0.15, -0.1) is 0 Å². The topological polar surface area (TPSA) is 112 Å². The summed E-state index contributed by atoms with van der Waals surface area (Å²) in [5.74, 6) is 1.20. The second kappa shape index (κ2) is 5.01. The summed E-state index contributed by atoms with van der Waals surface area (Å²) in [4.78, 5) is 15.9. The molecule has 0 aliphatic carbocycles. The van der Waals surface area contributed by atoms with Crippen LogP contribution >= 0.6 is 0 Å². The van der Waals surface area contributed by atoms with E-state index in [0.29, 0.717) is 31.4 Å². The fourth-order valence-corrected chi connectivity index (χ4v) is 1.87. The second-order valence-corrected chi connectivity index (χ2v) is 4.63. The van der Waals surface area contributed by atoms with Crippen LogP contribution in [0.15, 0.2) is 0 Å². The van der Waals surface area contributed by atoms with Gasteiger partial charge in [-0.1, -0.05) is 0 Å².